The maximum Gasteiger partial charge on any atom is 0.251 e. The molecule has 0 aliphatic carbocycles. The molecule has 1 aliphatic rings. The van der Waals surface area contributed by atoms with Crippen LogP contribution in [-0.4, -0.2) is 37.5 Å². The van der Waals surface area contributed by atoms with E-state index in [2.05, 4.69) is 33.2 Å². The van der Waals surface area contributed by atoms with E-state index in [1.54, 1.807) is 18.2 Å². The normalized spacial score (nSPS) is 20.1. The molecule has 0 saturated carbocycles. The second-order valence-corrected chi connectivity index (χ2v) is 6.02. The number of hydrogen-bond donors (Lipinski definition) is 1. The maximum atomic E-state index is 11.9. The molecule has 1 aromatic rings. The fraction of sp³-hybridized carbons (Fsp3) is 0.462. The molecule has 1 fully saturated rings. The van der Waals surface area contributed by atoms with Crippen LogP contribution in [0.4, 0.5) is 0 Å². The van der Waals surface area contributed by atoms with Gasteiger partial charge < -0.3 is 10.2 Å². The Balaban J connectivity index is 1.89. The van der Waals surface area contributed by atoms with Gasteiger partial charge in [-0.3, -0.25) is 4.79 Å². The molecular formula is C13H16BrClN2O. The van der Waals surface area contributed by atoms with Crippen molar-refractivity contribution in [3.63, 3.8) is 0 Å². The van der Waals surface area contributed by atoms with E-state index >= 15 is 0 Å². The minimum Gasteiger partial charge on any atom is -0.352 e. The minimum atomic E-state index is -0.0565. The monoisotopic (exact) mass is 330 g/mol. The lowest BCUT2D eigenvalue weighted by Crippen LogP contribution is -2.30. The van der Waals surface area contributed by atoms with Crippen molar-refractivity contribution < 1.29 is 4.79 Å². The molecule has 0 unspecified atom stereocenters. The van der Waals surface area contributed by atoms with E-state index in [1.165, 1.54) is 0 Å². The first kappa shape index (κ1) is 13.8. The highest BCUT2D eigenvalue weighted by atomic mass is 79.9. The van der Waals surface area contributed by atoms with Crippen molar-refractivity contribution in [2.45, 2.75) is 6.42 Å². The summed E-state index contributed by atoms with van der Waals surface area (Å²) in [5, 5.41) is 3.53. The highest BCUT2D eigenvalue weighted by Gasteiger charge is 2.20. The number of hydrogen-bond acceptors (Lipinski definition) is 2. The van der Waals surface area contributed by atoms with Gasteiger partial charge in [0.05, 0.1) is 5.02 Å². The average molecular weight is 332 g/mol. The Morgan fingerprint density at radius 2 is 2.39 bits per heavy atom. The Kier molecular flexibility index (Phi) is 4.65. The third-order valence-electron chi connectivity index (χ3n) is 3.22. The third kappa shape index (κ3) is 3.46. The van der Waals surface area contributed by atoms with Crippen LogP contribution < -0.4 is 5.32 Å². The number of carbonyl (C=O) groups excluding carboxylic acids is 1. The molecule has 1 N–H and O–H groups in total. The van der Waals surface area contributed by atoms with E-state index in [0.717, 1.165) is 30.5 Å². The van der Waals surface area contributed by atoms with Gasteiger partial charge >= 0.3 is 0 Å². The Morgan fingerprint density at radius 1 is 1.61 bits per heavy atom. The first-order valence-corrected chi connectivity index (χ1v) is 7.15. The van der Waals surface area contributed by atoms with Crippen molar-refractivity contribution in [3.8, 4) is 0 Å². The molecule has 1 atom stereocenters. The van der Waals surface area contributed by atoms with Crippen molar-refractivity contribution >= 4 is 33.4 Å². The highest BCUT2D eigenvalue weighted by molar-refractivity contribution is 9.10. The minimum absolute atomic E-state index is 0.0565. The number of rotatable bonds is 3. The molecule has 1 saturated heterocycles. The van der Waals surface area contributed by atoms with E-state index in [0.29, 0.717) is 16.5 Å². The summed E-state index contributed by atoms with van der Waals surface area (Å²) in [6.07, 6.45) is 1.15. The first-order chi connectivity index (χ1) is 8.56. The van der Waals surface area contributed by atoms with Gasteiger partial charge in [-0.2, -0.15) is 0 Å². The number of amides is 1. The molecule has 0 bridgehead atoms. The molecule has 1 aliphatic heterocycles. The predicted octanol–water partition coefficient (Wildman–Crippen LogP) is 2.78. The maximum absolute atomic E-state index is 11.9. The smallest absolute Gasteiger partial charge is 0.251 e. The van der Waals surface area contributed by atoms with Crippen molar-refractivity contribution in [1.29, 1.82) is 0 Å². The lowest BCUT2D eigenvalue weighted by atomic mass is 10.1. The third-order valence-corrected chi connectivity index (χ3v) is 4.45. The zero-order valence-corrected chi connectivity index (χ0v) is 12.6. The fourth-order valence-electron chi connectivity index (χ4n) is 2.17. The number of nitrogens with one attached hydrogen (secondary N) is 1. The van der Waals surface area contributed by atoms with Crippen molar-refractivity contribution in [1.82, 2.24) is 10.2 Å². The Morgan fingerprint density at radius 3 is 3.00 bits per heavy atom. The van der Waals surface area contributed by atoms with E-state index in [4.69, 9.17) is 11.6 Å². The molecule has 2 rings (SSSR count). The van der Waals surface area contributed by atoms with Gasteiger partial charge in [0, 0.05) is 23.1 Å². The molecule has 0 aromatic heterocycles. The van der Waals surface area contributed by atoms with Gasteiger partial charge in [-0.1, -0.05) is 11.6 Å². The molecule has 0 spiro atoms. The van der Waals surface area contributed by atoms with E-state index in [1.807, 2.05) is 0 Å². The number of likely N-dealkylation sites (tertiary alicyclic amines) is 1. The molecule has 1 aromatic carbocycles. The zero-order chi connectivity index (χ0) is 13.1. The van der Waals surface area contributed by atoms with Gasteiger partial charge in [-0.25, -0.2) is 0 Å². The largest absolute Gasteiger partial charge is 0.352 e. The van der Waals surface area contributed by atoms with E-state index in [-0.39, 0.29) is 5.91 Å². The van der Waals surface area contributed by atoms with Crippen LogP contribution in [0.5, 0.6) is 0 Å². The topological polar surface area (TPSA) is 32.3 Å². The number of nitrogens with zero attached hydrogens (tertiary/aromatic N) is 1. The molecule has 3 nitrogen and oxygen atoms in total. The Labute approximate surface area is 121 Å². The number of carbonyl (C=O) groups is 1. The fourth-order valence-corrected chi connectivity index (χ4v) is 2.60. The van der Waals surface area contributed by atoms with E-state index in [9.17, 15) is 4.79 Å². The van der Waals surface area contributed by atoms with Crippen LogP contribution in [0.2, 0.25) is 5.02 Å². The summed E-state index contributed by atoms with van der Waals surface area (Å²) in [4.78, 5) is 14.2. The second-order valence-electron chi connectivity index (χ2n) is 4.76. The summed E-state index contributed by atoms with van der Waals surface area (Å²) in [5.74, 6) is 0.504. The highest BCUT2D eigenvalue weighted by Crippen LogP contribution is 2.23. The van der Waals surface area contributed by atoms with Crippen LogP contribution in [-0.2, 0) is 0 Å². The lowest BCUT2D eigenvalue weighted by molar-refractivity contribution is 0.0947. The van der Waals surface area contributed by atoms with Crippen LogP contribution in [0, 0.1) is 5.92 Å². The Bertz CT molecular complexity index is 453. The van der Waals surface area contributed by atoms with E-state index < -0.39 is 0 Å². The molecule has 1 heterocycles. The summed E-state index contributed by atoms with van der Waals surface area (Å²) in [6, 6.07) is 5.24. The van der Waals surface area contributed by atoms with Crippen LogP contribution in [0.15, 0.2) is 22.7 Å². The molecular weight excluding hydrogens is 316 g/mol. The molecule has 0 radical (unpaired) electrons. The van der Waals surface area contributed by atoms with Gasteiger partial charge in [-0.05, 0) is 60.1 Å². The average Bonchev–Trinajstić information content (AvgIpc) is 2.75. The summed E-state index contributed by atoms with van der Waals surface area (Å²) >= 11 is 9.28. The predicted molar refractivity (Wildman–Crippen MR) is 77.1 cm³/mol. The number of halogens is 2. The standard InChI is InChI=1S/C13H16BrClN2O/c1-17-5-4-9(8-17)7-16-13(18)10-2-3-11(14)12(15)6-10/h2-3,6,9H,4-5,7-8H2,1H3,(H,16,18)/t9-/m1/s1. The van der Waals surface area contributed by atoms with Gasteiger partial charge in [0.15, 0.2) is 0 Å². The lowest BCUT2D eigenvalue weighted by Gasteiger charge is -2.12. The summed E-state index contributed by atoms with van der Waals surface area (Å²) in [5.41, 5.74) is 0.606. The van der Waals surface area contributed by atoms with Crippen LogP contribution in [0.1, 0.15) is 16.8 Å². The van der Waals surface area contributed by atoms with Gasteiger partial charge in [0.1, 0.15) is 0 Å². The first-order valence-electron chi connectivity index (χ1n) is 5.98. The van der Waals surface area contributed by atoms with Crippen molar-refractivity contribution in [2.75, 3.05) is 26.7 Å². The quantitative estimate of drug-likeness (QED) is 0.924. The second kappa shape index (κ2) is 6.04. The Hall–Kier alpha value is -0.580. The summed E-state index contributed by atoms with van der Waals surface area (Å²) in [6.45, 7) is 2.91. The number of benzene rings is 1. The molecule has 1 amide bonds. The van der Waals surface area contributed by atoms with Crippen LogP contribution >= 0.6 is 27.5 Å². The van der Waals surface area contributed by atoms with Gasteiger partial charge in [0.2, 0.25) is 0 Å². The summed E-state index contributed by atoms with van der Waals surface area (Å²) in [7, 11) is 2.11. The molecule has 18 heavy (non-hydrogen) atoms. The van der Waals surface area contributed by atoms with Gasteiger partial charge in [-0.15, -0.1) is 0 Å². The van der Waals surface area contributed by atoms with Gasteiger partial charge in [0.25, 0.3) is 5.91 Å². The van der Waals surface area contributed by atoms with Crippen LogP contribution in [0.3, 0.4) is 0 Å². The van der Waals surface area contributed by atoms with Crippen molar-refractivity contribution in [3.05, 3.63) is 33.3 Å². The molecule has 98 valence electrons. The molecule has 5 heteroatoms. The van der Waals surface area contributed by atoms with Crippen molar-refractivity contribution in [2.24, 2.45) is 5.92 Å². The van der Waals surface area contributed by atoms with Crippen LogP contribution in [0.25, 0.3) is 0 Å². The zero-order valence-electron chi connectivity index (χ0n) is 10.2. The summed E-state index contributed by atoms with van der Waals surface area (Å²) < 4.78 is 0.804. The SMILES string of the molecule is CN1CC[C@H](CNC(=O)c2ccc(Br)c(Cl)c2)C1.